The van der Waals surface area contributed by atoms with E-state index in [-0.39, 0.29) is 30.1 Å². The summed E-state index contributed by atoms with van der Waals surface area (Å²) in [5.74, 6) is 0.185. The van der Waals surface area contributed by atoms with Crippen molar-refractivity contribution in [2.75, 3.05) is 39.2 Å². The fraction of sp³-hybridized carbons (Fsp3) is 0.571. The first kappa shape index (κ1) is 21.4. The molecule has 1 aromatic rings. The summed E-state index contributed by atoms with van der Waals surface area (Å²) in [5.41, 5.74) is 2.09. The van der Waals surface area contributed by atoms with Crippen molar-refractivity contribution < 1.29 is 19.1 Å². The predicted molar refractivity (Wildman–Crippen MR) is 111 cm³/mol. The van der Waals surface area contributed by atoms with Crippen molar-refractivity contribution in [3.05, 3.63) is 22.7 Å². The molecule has 2 fully saturated rings. The van der Waals surface area contributed by atoms with Gasteiger partial charge in [0.05, 0.1) is 12.8 Å². The Kier molecular flexibility index (Phi) is 6.67. The van der Waals surface area contributed by atoms with Crippen molar-refractivity contribution in [2.45, 2.75) is 38.0 Å². The second-order valence-electron chi connectivity index (χ2n) is 7.96. The second kappa shape index (κ2) is 9.03. The molecule has 158 valence electrons. The van der Waals surface area contributed by atoms with Gasteiger partial charge in [-0.1, -0.05) is 11.6 Å². The summed E-state index contributed by atoms with van der Waals surface area (Å²) in [6.07, 6.45) is 2.66. The Balaban J connectivity index is 1.57. The molecule has 0 aliphatic carbocycles. The van der Waals surface area contributed by atoms with Gasteiger partial charge in [-0.05, 0) is 42.9 Å². The minimum atomic E-state index is -0.366. The summed E-state index contributed by atoms with van der Waals surface area (Å²) in [7, 11) is 5.51. The van der Waals surface area contributed by atoms with Crippen LogP contribution in [-0.2, 0) is 14.4 Å². The molecule has 2 aliphatic heterocycles. The van der Waals surface area contributed by atoms with Crippen LogP contribution in [0.2, 0.25) is 5.02 Å². The zero-order valence-electron chi connectivity index (χ0n) is 17.2. The minimum absolute atomic E-state index is 0.0540. The van der Waals surface area contributed by atoms with Gasteiger partial charge in [-0.25, -0.2) is 0 Å². The van der Waals surface area contributed by atoms with Crippen molar-refractivity contribution in [2.24, 2.45) is 5.92 Å². The number of amides is 3. The number of methoxy groups -OCH3 is 1. The maximum Gasteiger partial charge on any atom is 0.230 e. The standard InChI is InChI=1S/C21H28ClN3O4/c1-24(2)16-10-15(11-17(29-3)20(16)22)13-6-8-25(9-7-13)19(27)5-4-14-12-18(26)23-21(14)28/h10-11,13-14H,4-9,12H2,1-3H3,(H,23,26,28)/t14-/m0/s1. The minimum Gasteiger partial charge on any atom is -0.495 e. The van der Waals surface area contributed by atoms with Gasteiger partial charge < -0.3 is 14.5 Å². The van der Waals surface area contributed by atoms with Crippen molar-refractivity contribution in [3.63, 3.8) is 0 Å². The number of rotatable bonds is 6. The Hall–Kier alpha value is -2.28. The van der Waals surface area contributed by atoms with Crippen LogP contribution < -0.4 is 15.0 Å². The number of carbonyl (C=O) groups is 3. The van der Waals surface area contributed by atoms with Crippen LogP contribution >= 0.6 is 11.6 Å². The monoisotopic (exact) mass is 421 g/mol. The Morgan fingerprint density at radius 1 is 1.28 bits per heavy atom. The first-order valence-corrected chi connectivity index (χ1v) is 10.3. The van der Waals surface area contributed by atoms with E-state index in [2.05, 4.69) is 11.4 Å². The lowest BCUT2D eigenvalue weighted by molar-refractivity contribution is -0.132. The number of likely N-dealkylation sites (tertiary alicyclic amines) is 1. The second-order valence-corrected chi connectivity index (χ2v) is 8.34. The molecule has 8 heteroatoms. The highest BCUT2D eigenvalue weighted by Crippen LogP contribution is 2.39. The Morgan fingerprint density at radius 3 is 2.52 bits per heavy atom. The van der Waals surface area contributed by atoms with Gasteiger partial charge >= 0.3 is 0 Å². The van der Waals surface area contributed by atoms with Crippen LogP contribution in [0.3, 0.4) is 0 Å². The third-order valence-corrected chi connectivity index (χ3v) is 6.21. The highest BCUT2D eigenvalue weighted by atomic mass is 35.5. The number of ether oxygens (including phenoxy) is 1. The van der Waals surface area contributed by atoms with Crippen molar-refractivity contribution in [1.82, 2.24) is 10.2 Å². The lowest BCUT2D eigenvalue weighted by atomic mass is 9.88. The lowest BCUT2D eigenvalue weighted by Gasteiger charge is -2.33. The van der Waals surface area contributed by atoms with E-state index in [0.717, 1.165) is 18.5 Å². The number of hydrogen-bond donors (Lipinski definition) is 1. The Morgan fingerprint density at radius 2 is 1.97 bits per heavy atom. The van der Waals surface area contributed by atoms with Gasteiger partial charge in [0.15, 0.2) is 0 Å². The number of nitrogens with zero attached hydrogens (tertiary/aromatic N) is 2. The molecular formula is C21H28ClN3O4. The molecular weight excluding hydrogens is 394 g/mol. The van der Waals surface area contributed by atoms with Crippen molar-refractivity contribution in [1.29, 1.82) is 0 Å². The average molecular weight is 422 g/mol. The van der Waals surface area contributed by atoms with E-state index in [9.17, 15) is 14.4 Å². The van der Waals surface area contributed by atoms with Gasteiger partial charge in [0.1, 0.15) is 10.8 Å². The molecule has 2 saturated heterocycles. The first-order chi connectivity index (χ1) is 13.8. The number of imide groups is 1. The predicted octanol–water partition coefficient (Wildman–Crippen LogP) is 2.56. The Labute approximate surface area is 176 Å². The summed E-state index contributed by atoms with van der Waals surface area (Å²) in [6.45, 7) is 1.36. The van der Waals surface area contributed by atoms with Crippen LogP contribution in [0.5, 0.6) is 5.75 Å². The quantitative estimate of drug-likeness (QED) is 0.714. The average Bonchev–Trinajstić information content (AvgIpc) is 3.03. The van der Waals surface area contributed by atoms with E-state index in [1.54, 1.807) is 7.11 Å². The van der Waals surface area contributed by atoms with Gasteiger partial charge in [0, 0.05) is 45.9 Å². The molecule has 0 bridgehead atoms. The number of halogens is 1. The van der Waals surface area contributed by atoms with Gasteiger partial charge in [-0.15, -0.1) is 0 Å². The van der Waals surface area contributed by atoms with Gasteiger partial charge in [-0.2, -0.15) is 0 Å². The number of anilines is 1. The highest BCUT2D eigenvalue weighted by molar-refractivity contribution is 6.34. The maximum absolute atomic E-state index is 12.5. The highest BCUT2D eigenvalue weighted by Gasteiger charge is 2.32. The zero-order valence-corrected chi connectivity index (χ0v) is 17.9. The van der Waals surface area contributed by atoms with Crippen LogP contribution in [-0.4, -0.2) is 56.9 Å². The lowest BCUT2D eigenvalue weighted by Crippen LogP contribution is -2.38. The molecule has 2 aliphatic rings. The Bertz CT molecular complexity index is 803. The van der Waals surface area contributed by atoms with E-state index in [1.165, 1.54) is 5.56 Å². The van der Waals surface area contributed by atoms with Crippen LogP contribution in [0, 0.1) is 5.92 Å². The van der Waals surface area contributed by atoms with Crippen LogP contribution in [0.15, 0.2) is 12.1 Å². The molecule has 1 N–H and O–H groups in total. The molecule has 2 heterocycles. The summed E-state index contributed by atoms with van der Waals surface area (Å²) in [5, 5.41) is 2.89. The zero-order chi connectivity index (χ0) is 21.1. The van der Waals surface area contributed by atoms with Crippen LogP contribution in [0.4, 0.5) is 5.69 Å². The molecule has 0 spiro atoms. The van der Waals surface area contributed by atoms with E-state index in [0.29, 0.717) is 42.6 Å². The number of nitrogens with one attached hydrogen (secondary N) is 1. The molecule has 29 heavy (non-hydrogen) atoms. The summed E-state index contributed by atoms with van der Waals surface area (Å²) in [6, 6.07) is 4.09. The number of hydrogen-bond acceptors (Lipinski definition) is 5. The molecule has 0 aromatic heterocycles. The molecule has 0 radical (unpaired) electrons. The molecule has 1 atom stereocenters. The van der Waals surface area contributed by atoms with E-state index >= 15 is 0 Å². The fourth-order valence-electron chi connectivity index (χ4n) is 4.07. The molecule has 0 saturated carbocycles. The third-order valence-electron chi connectivity index (χ3n) is 5.84. The van der Waals surface area contributed by atoms with Crippen molar-refractivity contribution in [3.8, 4) is 5.75 Å². The van der Waals surface area contributed by atoms with E-state index in [1.807, 2.05) is 30.0 Å². The summed E-state index contributed by atoms with van der Waals surface area (Å²) < 4.78 is 5.44. The van der Waals surface area contributed by atoms with Gasteiger partial charge in [0.25, 0.3) is 0 Å². The SMILES string of the molecule is COc1cc(C2CCN(C(=O)CC[C@H]3CC(=O)NC3=O)CC2)cc(N(C)C)c1Cl. The molecule has 3 amide bonds. The summed E-state index contributed by atoms with van der Waals surface area (Å²) >= 11 is 6.42. The number of benzene rings is 1. The van der Waals surface area contributed by atoms with E-state index in [4.69, 9.17) is 16.3 Å². The molecule has 0 unspecified atom stereocenters. The van der Waals surface area contributed by atoms with Gasteiger partial charge in [0.2, 0.25) is 17.7 Å². The van der Waals surface area contributed by atoms with Gasteiger partial charge in [-0.3, -0.25) is 19.7 Å². The smallest absolute Gasteiger partial charge is 0.230 e. The fourth-order valence-corrected chi connectivity index (χ4v) is 4.43. The molecule has 1 aromatic carbocycles. The maximum atomic E-state index is 12.5. The molecule has 3 rings (SSSR count). The van der Waals surface area contributed by atoms with E-state index < -0.39 is 0 Å². The topological polar surface area (TPSA) is 79.0 Å². The van der Waals surface area contributed by atoms with Crippen LogP contribution in [0.25, 0.3) is 0 Å². The summed E-state index contributed by atoms with van der Waals surface area (Å²) in [4.78, 5) is 39.3. The normalized spacial score (nSPS) is 20.0. The largest absolute Gasteiger partial charge is 0.495 e. The number of carbonyl (C=O) groups excluding carboxylic acids is 3. The van der Waals surface area contributed by atoms with Crippen LogP contribution in [0.1, 0.15) is 43.6 Å². The third kappa shape index (κ3) is 4.83. The van der Waals surface area contributed by atoms with Crippen molar-refractivity contribution >= 4 is 35.0 Å². The number of piperidine rings is 1. The molecule has 7 nitrogen and oxygen atoms in total. The first-order valence-electron chi connectivity index (χ1n) is 9.96.